The Morgan fingerprint density at radius 2 is 1.86 bits per heavy atom. The molecule has 2 aromatic carbocycles. The van der Waals surface area contributed by atoms with Crippen molar-refractivity contribution in [3.63, 3.8) is 0 Å². The van der Waals surface area contributed by atoms with Crippen molar-refractivity contribution in [2.75, 3.05) is 18.5 Å². The maximum absolute atomic E-state index is 14.8. The number of benzene rings is 2. The van der Waals surface area contributed by atoms with Gasteiger partial charge < -0.3 is 14.8 Å². The number of aryl methyl sites for hydroxylation is 2. The summed E-state index contributed by atoms with van der Waals surface area (Å²) in [5.41, 5.74) is 4.13. The molecule has 4 aromatic rings. The smallest absolute Gasteiger partial charge is 0.163 e. The van der Waals surface area contributed by atoms with E-state index >= 15 is 0 Å². The fraction of sp³-hybridized carbons (Fsp3) is 0.182. The summed E-state index contributed by atoms with van der Waals surface area (Å²) in [6, 6.07) is 10.7. The van der Waals surface area contributed by atoms with Crippen molar-refractivity contribution in [2.24, 2.45) is 0 Å². The third kappa shape index (κ3) is 2.95. The van der Waals surface area contributed by atoms with Crippen LogP contribution in [0.15, 0.2) is 48.8 Å². The number of fused-ring (bicyclic) bond motifs is 2. The summed E-state index contributed by atoms with van der Waals surface area (Å²) in [7, 11) is 0. The fourth-order valence-corrected chi connectivity index (χ4v) is 3.63. The van der Waals surface area contributed by atoms with Crippen LogP contribution >= 0.6 is 0 Å². The summed E-state index contributed by atoms with van der Waals surface area (Å²) in [5.74, 6) is 1.75. The number of aromatic nitrogens is 3. The van der Waals surface area contributed by atoms with Crippen LogP contribution in [0.4, 0.5) is 15.9 Å². The number of hydrogen-bond acceptors (Lipinski definition) is 5. The highest BCUT2D eigenvalue weighted by Crippen LogP contribution is 2.38. The van der Waals surface area contributed by atoms with E-state index in [-0.39, 0.29) is 5.82 Å². The van der Waals surface area contributed by atoms with Gasteiger partial charge in [0.1, 0.15) is 30.5 Å². The van der Waals surface area contributed by atoms with Crippen LogP contribution in [0.1, 0.15) is 11.3 Å². The van der Waals surface area contributed by atoms with Gasteiger partial charge in [0.25, 0.3) is 0 Å². The molecule has 1 aliphatic heterocycles. The van der Waals surface area contributed by atoms with Crippen LogP contribution in [-0.2, 0) is 0 Å². The van der Waals surface area contributed by atoms with E-state index in [1.165, 1.54) is 6.07 Å². The molecular weight excluding hydrogens is 371 g/mol. The first kappa shape index (κ1) is 17.5. The molecular formula is C22H19FN4O2. The lowest BCUT2D eigenvalue weighted by molar-refractivity contribution is 0.171. The second-order valence-electron chi connectivity index (χ2n) is 6.97. The molecule has 0 aliphatic carbocycles. The lowest BCUT2D eigenvalue weighted by Gasteiger charge is -2.19. The van der Waals surface area contributed by atoms with Gasteiger partial charge in [-0.1, -0.05) is 12.1 Å². The van der Waals surface area contributed by atoms with E-state index in [1.807, 2.05) is 42.5 Å². The van der Waals surface area contributed by atoms with E-state index < -0.39 is 0 Å². The van der Waals surface area contributed by atoms with Gasteiger partial charge in [-0.15, -0.1) is 0 Å². The Morgan fingerprint density at radius 3 is 2.69 bits per heavy atom. The molecule has 7 heteroatoms. The van der Waals surface area contributed by atoms with Crippen molar-refractivity contribution in [2.45, 2.75) is 13.8 Å². The van der Waals surface area contributed by atoms with Crippen LogP contribution in [0.25, 0.3) is 16.9 Å². The Bertz CT molecular complexity index is 1210. The third-order valence-corrected chi connectivity index (χ3v) is 4.97. The topological polar surface area (TPSA) is 60.7 Å². The first-order chi connectivity index (χ1) is 14.1. The maximum Gasteiger partial charge on any atom is 0.163 e. The van der Waals surface area contributed by atoms with Crippen LogP contribution < -0.4 is 14.8 Å². The van der Waals surface area contributed by atoms with Crippen LogP contribution in [0, 0.1) is 19.7 Å². The molecule has 0 bridgehead atoms. The SMILES string of the molecule is Cc1cccc(F)c1-c1nc2cncc(C)n2c1Nc1ccc2c(c1)OCCO2. The third-order valence-electron chi connectivity index (χ3n) is 4.97. The van der Waals surface area contributed by atoms with Gasteiger partial charge in [0.05, 0.1) is 6.20 Å². The van der Waals surface area contributed by atoms with Crippen molar-refractivity contribution in [1.29, 1.82) is 0 Å². The molecule has 1 N–H and O–H groups in total. The molecule has 2 aromatic heterocycles. The quantitative estimate of drug-likeness (QED) is 0.551. The Morgan fingerprint density at radius 1 is 1.03 bits per heavy atom. The average Bonchev–Trinajstić information content (AvgIpc) is 3.07. The van der Waals surface area contributed by atoms with Crippen molar-refractivity contribution < 1.29 is 13.9 Å². The molecule has 0 amide bonds. The summed E-state index contributed by atoms with van der Waals surface area (Å²) >= 11 is 0. The zero-order valence-corrected chi connectivity index (χ0v) is 16.1. The van der Waals surface area contributed by atoms with Gasteiger partial charge in [0, 0.05) is 29.2 Å². The predicted molar refractivity (Wildman–Crippen MR) is 109 cm³/mol. The lowest BCUT2D eigenvalue weighted by Crippen LogP contribution is -2.15. The van der Waals surface area contributed by atoms with E-state index in [2.05, 4.69) is 10.3 Å². The summed E-state index contributed by atoms with van der Waals surface area (Å²) in [5, 5.41) is 3.41. The lowest BCUT2D eigenvalue weighted by atomic mass is 10.0. The number of nitrogens with zero attached hydrogens (tertiary/aromatic N) is 3. The van der Waals surface area contributed by atoms with Gasteiger partial charge in [0.15, 0.2) is 17.1 Å². The van der Waals surface area contributed by atoms with Crippen molar-refractivity contribution in [3.05, 3.63) is 65.9 Å². The standard InChI is InChI=1S/C22H19FN4O2/c1-13-4-3-5-16(23)20(13)21-22(27-14(2)11-24-12-19(27)26-21)25-15-6-7-17-18(10-15)29-9-8-28-17/h3-7,10-12,25H,8-9H2,1-2H3. The van der Waals surface area contributed by atoms with E-state index in [0.717, 1.165) is 16.9 Å². The summed E-state index contributed by atoms with van der Waals surface area (Å²) in [6.45, 7) is 4.86. The molecule has 0 radical (unpaired) electrons. The summed E-state index contributed by atoms with van der Waals surface area (Å²) in [6.07, 6.45) is 3.42. The van der Waals surface area contributed by atoms with Gasteiger partial charge in [0.2, 0.25) is 0 Å². The molecule has 146 valence electrons. The molecule has 0 saturated carbocycles. The van der Waals surface area contributed by atoms with E-state index in [1.54, 1.807) is 18.5 Å². The molecule has 0 atom stereocenters. The van der Waals surface area contributed by atoms with Crippen LogP contribution in [0.5, 0.6) is 11.5 Å². The minimum Gasteiger partial charge on any atom is -0.486 e. The highest BCUT2D eigenvalue weighted by Gasteiger charge is 2.21. The van der Waals surface area contributed by atoms with Gasteiger partial charge >= 0.3 is 0 Å². The number of nitrogens with one attached hydrogen (secondary N) is 1. The normalized spacial score (nSPS) is 12.9. The molecule has 5 rings (SSSR count). The van der Waals surface area contributed by atoms with E-state index in [0.29, 0.717) is 47.4 Å². The van der Waals surface area contributed by atoms with Crippen molar-refractivity contribution >= 4 is 17.2 Å². The van der Waals surface area contributed by atoms with Crippen LogP contribution in [0.2, 0.25) is 0 Å². The van der Waals surface area contributed by atoms with Gasteiger partial charge in [-0.25, -0.2) is 9.37 Å². The number of imidazole rings is 1. The second-order valence-corrected chi connectivity index (χ2v) is 6.97. The van der Waals surface area contributed by atoms with Gasteiger partial charge in [-0.2, -0.15) is 0 Å². The molecule has 1 aliphatic rings. The van der Waals surface area contributed by atoms with Crippen molar-refractivity contribution in [1.82, 2.24) is 14.4 Å². The van der Waals surface area contributed by atoms with Crippen LogP contribution in [0.3, 0.4) is 0 Å². The molecule has 0 saturated heterocycles. The van der Waals surface area contributed by atoms with Gasteiger partial charge in [-0.05, 0) is 37.6 Å². The molecule has 29 heavy (non-hydrogen) atoms. The largest absolute Gasteiger partial charge is 0.486 e. The highest BCUT2D eigenvalue weighted by molar-refractivity contribution is 5.82. The maximum atomic E-state index is 14.8. The average molecular weight is 390 g/mol. The molecule has 0 fully saturated rings. The molecule has 0 unspecified atom stereocenters. The van der Waals surface area contributed by atoms with E-state index in [9.17, 15) is 4.39 Å². The first-order valence-electron chi connectivity index (χ1n) is 9.37. The summed E-state index contributed by atoms with van der Waals surface area (Å²) < 4.78 is 28.0. The highest BCUT2D eigenvalue weighted by atomic mass is 19.1. The minimum atomic E-state index is -0.316. The zero-order chi connectivity index (χ0) is 20.0. The predicted octanol–water partition coefficient (Wildman–Crippen LogP) is 4.67. The Labute approximate surface area is 166 Å². The Balaban J connectivity index is 1.70. The van der Waals surface area contributed by atoms with Gasteiger partial charge in [-0.3, -0.25) is 9.38 Å². The molecule has 3 heterocycles. The number of hydrogen-bond donors (Lipinski definition) is 1. The van der Waals surface area contributed by atoms with Crippen molar-refractivity contribution in [3.8, 4) is 22.8 Å². The van der Waals surface area contributed by atoms with E-state index in [4.69, 9.17) is 14.5 Å². The Kier molecular flexibility index (Phi) is 4.08. The zero-order valence-electron chi connectivity index (χ0n) is 16.1. The number of ether oxygens (including phenoxy) is 2. The molecule has 6 nitrogen and oxygen atoms in total. The fourth-order valence-electron chi connectivity index (χ4n) is 3.63. The monoisotopic (exact) mass is 390 g/mol. The first-order valence-corrected chi connectivity index (χ1v) is 9.37. The number of halogens is 1. The number of rotatable bonds is 3. The molecule has 0 spiro atoms. The Hall–Kier alpha value is -3.61. The van der Waals surface area contributed by atoms with Crippen LogP contribution in [-0.4, -0.2) is 27.6 Å². The number of anilines is 2. The minimum absolute atomic E-state index is 0.316. The summed E-state index contributed by atoms with van der Waals surface area (Å²) in [4.78, 5) is 8.92. The second kappa shape index (κ2) is 6.77.